The van der Waals surface area contributed by atoms with E-state index in [2.05, 4.69) is 5.32 Å². The molecule has 1 heterocycles. The van der Waals surface area contributed by atoms with Crippen LogP contribution >= 0.6 is 0 Å². The third-order valence-corrected chi connectivity index (χ3v) is 2.52. The Bertz CT molecular complexity index is 312. The number of phenols is 1. The molecule has 2 rings (SSSR count). The van der Waals surface area contributed by atoms with Crippen molar-refractivity contribution in [3.8, 4) is 5.75 Å². The summed E-state index contributed by atoms with van der Waals surface area (Å²) in [6, 6.07) is 5.91. The predicted molar refractivity (Wildman–Crippen MR) is 51.5 cm³/mol. The van der Waals surface area contributed by atoms with Crippen molar-refractivity contribution in [3.63, 3.8) is 0 Å². The van der Waals surface area contributed by atoms with Gasteiger partial charge in [-0.3, -0.25) is 0 Å². The van der Waals surface area contributed by atoms with Gasteiger partial charge < -0.3 is 16.2 Å². The Labute approximate surface area is 77.6 Å². The second-order valence-electron chi connectivity index (χ2n) is 3.47. The van der Waals surface area contributed by atoms with E-state index < -0.39 is 0 Å². The molecule has 0 amide bonds. The zero-order valence-corrected chi connectivity index (χ0v) is 7.46. The van der Waals surface area contributed by atoms with Crippen molar-refractivity contribution in [3.05, 3.63) is 29.3 Å². The Morgan fingerprint density at radius 1 is 1.46 bits per heavy atom. The zero-order chi connectivity index (χ0) is 9.26. The number of nitrogens with one attached hydrogen (secondary N) is 1. The molecule has 13 heavy (non-hydrogen) atoms. The molecule has 3 nitrogen and oxygen atoms in total. The first-order chi connectivity index (χ1) is 6.29. The van der Waals surface area contributed by atoms with Gasteiger partial charge in [-0.1, -0.05) is 6.07 Å². The number of phenolic OH excluding ortho intramolecular Hbond substituents is 1. The molecule has 4 N–H and O–H groups in total. The fraction of sp³-hybridized carbons (Fsp3) is 0.400. The van der Waals surface area contributed by atoms with Crippen LogP contribution < -0.4 is 11.1 Å². The molecule has 0 bridgehead atoms. The van der Waals surface area contributed by atoms with E-state index in [1.807, 2.05) is 12.1 Å². The van der Waals surface area contributed by atoms with Gasteiger partial charge in [0.1, 0.15) is 5.75 Å². The minimum absolute atomic E-state index is 0.340. The lowest BCUT2D eigenvalue weighted by molar-refractivity contribution is 0.463. The number of benzene rings is 1. The van der Waals surface area contributed by atoms with Crippen LogP contribution in [0, 0.1) is 0 Å². The molecule has 1 aromatic carbocycles. The van der Waals surface area contributed by atoms with Crippen LogP contribution in [0.2, 0.25) is 0 Å². The second-order valence-corrected chi connectivity index (χ2v) is 3.47. The quantitative estimate of drug-likeness (QED) is 0.582. The summed E-state index contributed by atoms with van der Waals surface area (Å²) in [5.41, 5.74) is 8.06. The Kier molecular flexibility index (Phi) is 2.20. The van der Waals surface area contributed by atoms with E-state index in [9.17, 15) is 5.11 Å². The molecule has 1 aliphatic rings. The van der Waals surface area contributed by atoms with Crippen molar-refractivity contribution >= 4 is 0 Å². The number of hydrogen-bond donors (Lipinski definition) is 3. The second kappa shape index (κ2) is 3.36. The van der Waals surface area contributed by atoms with Crippen molar-refractivity contribution in [2.24, 2.45) is 5.73 Å². The number of fused-ring (bicyclic) bond motifs is 1. The molecule has 0 fully saturated rings. The van der Waals surface area contributed by atoms with Gasteiger partial charge in [-0.2, -0.15) is 0 Å². The van der Waals surface area contributed by atoms with Crippen LogP contribution in [0.1, 0.15) is 11.1 Å². The summed E-state index contributed by atoms with van der Waals surface area (Å²) in [7, 11) is 0. The summed E-state index contributed by atoms with van der Waals surface area (Å²) < 4.78 is 0. The molecule has 0 aliphatic carbocycles. The van der Waals surface area contributed by atoms with Gasteiger partial charge in [0.05, 0.1) is 0 Å². The highest BCUT2D eigenvalue weighted by atomic mass is 16.3. The van der Waals surface area contributed by atoms with Crippen molar-refractivity contribution in [1.29, 1.82) is 0 Å². The first-order valence-electron chi connectivity index (χ1n) is 4.54. The lowest BCUT2D eigenvalue weighted by atomic mass is 9.96. The summed E-state index contributed by atoms with van der Waals surface area (Å²) in [5, 5.41) is 12.6. The van der Waals surface area contributed by atoms with Crippen LogP contribution in [-0.2, 0) is 13.0 Å². The largest absolute Gasteiger partial charge is 0.508 e. The molecule has 0 saturated heterocycles. The number of nitrogens with two attached hydrogens (primary N) is 1. The van der Waals surface area contributed by atoms with Gasteiger partial charge in [0, 0.05) is 19.1 Å². The minimum atomic E-state index is 0.340. The van der Waals surface area contributed by atoms with Gasteiger partial charge in [0.15, 0.2) is 0 Å². The Hall–Kier alpha value is -1.06. The molecule has 0 spiro atoms. The Morgan fingerprint density at radius 2 is 2.31 bits per heavy atom. The zero-order valence-electron chi connectivity index (χ0n) is 7.46. The molecule has 1 aliphatic heterocycles. The molecule has 0 saturated carbocycles. The van der Waals surface area contributed by atoms with Crippen molar-refractivity contribution in [2.45, 2.75) is 19.0 Å². The van der Waals surface area contributed by atoms with E-state index >= 15 is 0 Å². The SMILES string of the molecule is NCC1Cc2ccc(O)cc2CN1. The van der Waals surface area contributed by atoms with Crippen LogP contribution in [0.4, 0.5) is 0 Å². The molecule has 1 aromatic rings. The van der Waals surface area contributed by atoms with Crippen molar-refractivity contribution in [2.75, 3.05) is 6.54 Å². The maximum atomic E-state index is 9.26. The van der Waals surface area contributed by atoms with Gasteiger partial charge in [0.2, 0.25) is 0 Å². The molecule has 1 unspecified atom stereocenters. The highest BCUT2D eigenvalue weighted by molar-refractivity contribution is 5.36. The monoisotopic (exact) mass is 178 g/mol. The van der Waals surface area contributed by atoms with Gasteiger partial charge in [-0.15, -0.1) is 0 Å². The summed E-state index contributed by atoms with van der Waals surface area (Å²) in [6.07, 6.45) is 0.964. The minimum Gasteiger partial charge on any atom is -0.508 e. The van der Waals surface area contributed by atoms with Gasteiger partial charge >= 0.3 is 0 Å². The maximum Gasteiger partial charge on any atom is 0.115 e. The lowest BCUT2D eigenvalue weighted by Crippen LogP contribution is -2.40. The number of rotatable bonds is 1. The fourth-order valence-electron chi connectivity index (χ4n) is 1.73. The summed E-state index contributed by atoms with van der Waals surface area (Å²) in [5.74, 6) is 0.340. The molecular formula is C10H14N2O. The lowest BCUT2D eigenvalue weighted by Gasteiger charge is -2.24. The highest BCUT2D eigenvalue weighted by Gasteiger charge is 2.16. The van der Waals surface area contributed by atoms with E-state index in [0.29, 0.717) is 18.3 Å². The van der Waals surface area contributed by atoms with Crippen LogP contribution in [0.25, 0.3) is 0 Å². The fourth-order valence-corrected chi connectivity index (χ4v) is 1.73. The maximum absolute atomic E-state index is 9.26. The average molecular weight is 178 g/mol. The first kappa shape index (κ1) is 8.53. The number of hydrogen-bond acceptors (Lipinski definition) is 3. The van der Waals surface area contributed by atoms with E-state index in [4.69, 9.17) is 5.73 Å². The molecule has 0 radical (unpaired) electrons. The summed E-state index contributed by atoms with van der Waals surface area (Å²) in [4.78, 5) is 0. The van der Waals surface area contributed by atoms with E-state index in [-0.39, 0.29) is 0 Å². The van der Waals surface area contributed by atoms with E-state index in [1.54, 1.807) is 6.07 Å². The standard InChI is InChI=1S/C10H14N2O/c11-5-9-3-7-1-2-10(13)4-8(7)6-12-9/h1-2,4,9,12-13H,3,5-6,11H2. The third-order valence-electron chi connectivity index (χ3n) is 2.52. The van der Waals surface area contributed by atoms with Gasteiger partial charge in [0.25, 0.3) is 0 Å². The topological polar surface area (TPSA) is 58.3 Å². The first-order valence-corrected chi connectivity index (χ1v) is 4.54. The average Bonchev–Trinajstić information content (AvgIpc) is 2.17. The summed E-state index contributed by atoms with van der Waals surface area (Å²) in [6.45, 7) is 1.48. The molecule has 0 aromatic heterocycles. The van der Waals surface area contributed by atoms with Crippen molar-refractivity contribution in [1.82, 2.24) is 5.32 Å². The van der Waals surface area contributed by atoms with Crippen LogP contribution in [0.5, 0.6) is 5.75 Å². The Morgan fingerprint density at radius 3 is 3.08 bits per heavy atom. The van der Waals surface area contributed by atoms with E-state index in [1.165, 1.54) is 11.1 Å². The van der Waals surface area contributed by atoms with Gasteiger partial charge in [-0.25, -0.2) is 0 Å². The molecule has 1 atom stereocenters. The highest BCUT2D eigenvalue weighted by Crippen LogP contribution is 2.20. The van der Waals surface area contributed by atoms with Crippen LogP contribution in [-0.4, -0.2) is 17.7 Å². The molecule has 3 heteroatoms. The van der Waals surface area contributed by atoms with Gasteiger partial charge in [-0.05, 0) is 29.7 Å². The Balaban J connectivity index is 2.26. The predicted octanol–water partition coefficient (Wildman–Crippen LogP) is 0.365. The smallest absolute Gasteiger partial charge is 0.115 e. The van der Waals surface area contributed by atoms with E-state index in [0.717, 1.165) is 13.0 Å². The van der Waals surface area contributed by atoms with Crippen LogP contribution in [0.3, 0.4) is 0 Å². The summed E-state index contributed by atoms with van der Waals surface area (Å²) >= 11 is 0. The molecular weight excluding hydrogens is 164 g/mol. The van der Waals surface area contributed by atoms with Crippen LogP contribution in [0.15, 0.2) is 18.2 Å². The third kappa shape index (κ3) is 1.66. The normalized spacial score (nSPS) is 21.2. The van der Waals surface area contributed by atoms with Crippen molar-refractivity contribution < 1.29 is 5.11 Å². The molecule has 70 valence electrons. The number of aromatic hydroxyl groups is 1.